The van der Waals surface area contributed by atoms with Gasteiger partial charge in [-0.2, -0.15) is 0 Å². The maximum atomic E-state index is 13.5. The van der Waals surface area contributed by atoms with Gasteiger partial charge in [0.25, 0.3) is 0 Å². The van der Waals surface area contributed by atoms with Gasteiger partial charge in [-0.1, -0.05) is 70.0 Å². The first-order valence-electron chi connectivity index (χ1n) is 11.7. The molecule has 0 N–H and O–H groups in total. The van der Waals surface area contributed by atoms with Crippen LogP contribution in [0.4, 0.5) is 13.2 Å². The van der Waals surface area contributed by atoms with Gasteiger partial charge in [0, 0.05) is 8.80 Å². The van der Waals surface area contributed by atoms with Crippen LogP contribution in [0.25, 0.3) is 0 Å². The first-order chi connectivity index (χ1) is 13.6. The molecule has 0 bridgehead atoms. The van der Waals surface area contributed by atoms with Gasteiger partial charge in [-0.15, -0.1) is 0 Å². The van der Waals surface area contributed by atoms with Gasteiger partial charge in [-0.25, -0.2) is 13.2 Å². The Balaban J connectivity index is 1.35. The van der Waals surface area contributed by atoms with Gasteiger partial charge in [0.2, 0.25) is 0 Å². The van der Waals surface area contributed by atoms with Crippen molar-refractivity contribution in [2.24, 2.45) is 11.8 Å². The van der Waals surface area contributed by atoms with E-state index in [4.69, 9.17) is 0 Å². The van der Waals surface area contributed by atoms with Crippen LogP contribution in [0, 0.1) is 29.3 Å². The van der Waals surface area contributed by atoms with Gasteiger partial charge < -0.3 is 0 Å². The summed E-state index contributed by atoms with van der Waals surface area (Å²) in [4.78, 5) is 0. The van der Waals surface area contributed by atoms with Crippen molar-refractivity contribution in [3.05, 3.63) is 35.1 Å². The van der Waals surface area contributed by atoms with Gasteiger partial charge in [-0.3, -0.25) is 0 Å². The van der Waals surface area contributed by atoms with Crippen LogP contribution in [0.1, 0.15) is 89.0 Å². The fourth-order valence-electron chi connectivity index (χ4n) is 5.56. The summed E-state index contributed by atoms with van der Waals surface area (Å²) in [6.45, 7) is 2.29. The summed E-state index contributed by atoms with van der Waals surface area (Å²) < 4.78 is 40.2. The van der Waals surface area contributed by atoms with Gasteiger partial charge in [0.1, 0.15) is 0 Å². The molecule has 3 rings (SSSR count). The first-order valence-corrected chi connectivity index (χ1v) is 14.2. The highest BCUT2D eigenvalue weighted by atomic mass is 28.3. The predicted octanol–water partition coefficient (Wildman–Crippen LogP) is 7.99. The van der Waals surface area contributed by atoms with E-state index in [9.17, 15) is 13.2 Å². The second-order valence-corrected chi connectivity index (χ2v) is 12.9. The zero-order valence-corrected chi connectivity index (χ0v) is 18.7. The molecule has 2 aliphatic rings. The molecule has 28 heavy (non-hydrogen) atoms. The molecule has 1 aromatic carbocycles. The molecule has 1 saturated carbocycles. The summed E-state index contributed by atoms with van der Waals surface area (Å²) in [7, 11) is -0.399. The van der Waals surface area contributed by atoms with E-state index in [1.54, 1.807) is 18.1 Å². The van der Waals surface area contributed by atoms with Crippen molar-refractivity contribution in [2.45, 2.75) is 102 Å². The highest BCUT2D eigenvalue weighted by Gasteiger charge is 2.26. The second kappa shape index (κ2) is 10.8. The lowest BCUT2D eigenvalue weighted by molar-refractivity contribution is 0.279. The second-order valence-electron chi connectivity index (χ2n) is 9.48. The molecule has 1 heterocycles. The minimum Gasteiger partial charge on any atom is -0.204 e. The van der Waals surface area contributed by atoms with Crippen molar-refractivity contribution in [1.82, 2.24) is 0 Å². The Morgan fingerprint density at radius 2 is 1.39 bits per heavy atom. The number of halogens is 3. The lowest BCUT2D eigenvalue weighted by Crippen LogP contribution is -2.22. The molecule has 2 fully saturated rings. The third-order valence-electron chi connectivity index (χ3n) is 7.49. The van der Waals surface area contributed by atoms with E-state index in [1.807, 2.05) is 0 Å². The molecule has 1 aromatic rings. The lowest BCUT2D eigenvalue weighted by Gasteiger charge is -2.32. The molecule has 4 heteroatoms. The molecule has 0 unspecified atom stereocenters. The summed E-state index contributed by atoms with van der Waals surface area (Å²) in [5, 5.41) is 0. The maximum Gasteiger partial charge on any atom is 0.194 e. The van der Waals surface area contributed by atoms with E-state index >= 15 is 0 Å². The molecule has 1 aliphatic carbocycles. The molecule has 0 nitrogen and oxygen atoms in total. The SMILES string of the molecule is CCCCC[Si@H]1CC[C@H](CCC2CCC(c3cc(F)c(F)c(F)c3)CC2)CC1. The molecule has 0 radical (unpaired) electrons. The minimum atomic E-state index is -1.35. The Kier molecular flexibility index (Phi) is 8.49. The Bertz CT molecular complexity index is 579. The van der Waals surface area contributed by atoms with Crippen molar-refractivity contribution >= 4 is 8.80 Å². The quantitative estimate of drug-likeness (QED) is 0.231. The lowest BCUT2D eigenvalue weighted by atomic mass is 9.76. The molecule has 1 saturated heterocycles. The maximum absolute atomic E-state index is 13.5. The summed E-state index contributed by atoms with van der Waals surface area (Å²) in [6.07, 6.45) is 14.2. The highest BCUT2D eigenvalue weighted by molar-refractivity contribution is 6.58. The molecule has 0 atom stereocenters. The normalized spacial score (nSPS) is 28.4. The van der Waals surface area contributed by atoms with Gasteiger partial charge in [0.15, 0.2) is 17.5 Å². The Labute approximate surface area is 170 Å². The van der Waals surface area contributed by atoms with Crippen molar-refractivity contribution in [2.75, 3.05) is 0 Å². The minimum absolute atomic E-state index is 0.186. The number of benzene rings is 1. The zero-order valence-electron chi connectivity index (χ0n) is 17.5. The molecule has 0 spiro atoms. The monoisotopic (exact) mass is 410 g/mol. The smallest absolute Gasteiger partial charge is 0.194 e. The standard InChI is InChI=1S/C24H37F3Si/c1-2-3-4-13-28-14-11-19(12-15-28)6-5-18-7-9-20(10-8-18)21-16-22(25)24(27)23(26)17-21/h16-20,28H,2-15H2,1H3/t18?,19-,20?,28-. The van der Waals surface area contributed by atoms with Crippen LogP contribution < -0.4 is 0 Å². The number of hydrogen-bond acceptors (Lipinski definition) is 0. The van der Waals surface area contributed by atoms with Crippen molar-refractivity contribution in [3.63, 3.8) is 0 Å². The van der Waals surface area contributed by atoms with Crippen LogP contribution in [0.2, 0.25) is 18.1 Å². The van der Waals surface area contributed by atoms with E-state index in [1.165, 1.54) is 57.1 Å². The molecule has 1 aliphatic heterocycles. The average molecular weight is 411 g/mol. The Morgan fingerprint density at radius 1 is 0.821 bits per heavy atom. The molecule has 0 aromatic heterocycles. The van der Waals surface area contributed by atoms with Crippen LogP contribution in [0.3, 0.4) is 0 Å². The van der Waals surface area contributed by atoms with E-state index in [-0.39, 0.29) is 5.92 Å². The number of rotatable bonds is 8. The largest absolute Gasteiger partial charge is 0.204 e. The Hall–Kier alpha value is -0.773. The fraction of sp³-hybridized carbons (Fsp3) is 0.750. The van der Waals surface area contributed by atoms with Crippen LogP contribution in [0.5, 0.6) is 0 Å². The molecule has 158 valence electrons. The molecular formula is C24H37F3Si. The van der Waals surface area contributed by atoms with Gasteiger partial charge in [-0.05, 0) is 61.1 Å². The third kappa shape index (κ3) is 6.11. The van der Waals surface area contributed by atoms with E-state index in [0.29, 0.717) is 5.56 Å². The molecule has 0 amide bonds. The summed E-state index contributed by atoms with van der Waals surface area (Å²) in [6, 6.07) is 7.12. The summed E-state index contributed by atoms with van der Waals surface area (Å²) in [5.41, 5.74) is 0.640. The topological polar surface area (TPSA) is 0 Å². The van der Waals surface area contributed by atoms with Crippen molar-refractivity contribution in [3.8, 4) is 0 Å². The van der Waals surface area contributed by atoms with E-state index < -0.39 is 26.2 Å². The zero-order chi connectivity index (χ0) is 19.9. The van der Waals surface area contributed by atoms with E-state index in [2.05, 4.69) is 6.92 Å². The van der Waals surface area contributed by atoms with Crippen molar-refractivity contribution < 1.29 is 13.2 Å². The number of hydrogen-bond donors (Lipinski definition) is 0. The van der Waals surface area contributed by atoms with Crippen LogP contribution in [0.15, 0.2) is 12.1 Å². The van der Waals surface area contributed by atoms with Gasteiger partial charge in [0.05, 0.1) is 0 Å². The van der Waals surface area contributed by atoms with Crippen molar-refractivity contribution in [1.29, 1.82) is 0 Å². The van der Waals surface area contributed by atoms with Crippen LogP contribution in [-0.2, 0) is 0 Å². The van der Waals surface area contributed by atoms with E-state index in [0.717, 1.165) is 37.5 Å². The first kappa shape index (κ1) is 21.9. The van der Waals surface area contributed by atoms with Gasteiger partial charge >= 0.3 is 0 Å². The van der Waals surface area contributed by atoms with Crippen LogP contribution in [-0.4, -0.2) is 8.80 Å². The third-order valence-corrected chi connectivity index (χ3v) is 11.0. The Morgan fingerprint density at radius 3 is 1.96 bits per heavy atom. The average Bonchev–Trinajstić information content (AvgIpc) is 2.71. The fourth-order valence-corrected chi connectivity index (χ4v) is 9.18. The summed E-state index contributed by atoms with van der Waals surface area (Å²) >= 11 is 0. The van der Waals surface area contributed by atoms with Crippen LogP contribution >= 0.6 is 0 Å². The highest BCUT2D eigenvalue weighted by Crippen LogP contribution is 2.40. The summed E-state index contributed by atoms with van der Waals surface area (Å²) in [5.74, 6) is -1.54. The molecular weight excluding hydrogens is 373 g/mol. The predicted molar refractivity (Wildman–Crippen MR) is 114 cm³/mol. The number of unbranched alkanes of at least 4 members (excludes halogenated alkanes) is 2.